The number of rotatable bonds is 5. The molecule has 4 nitrogen and oxygen atoms in total. The summed E-state index contributed by atoms with van der Waals surface area (Å²) in [6, 6.07) is 12.1. The van der Waals surface area contributed by atoms with Gasteiger partial charge in [-0.25, -0.2) is 9.18 Å². The van der Waals surface area contributed by atoms with Crippen LogP contribution in [0.25, 0.3) is 0 Å². The van der Waals surface area contributed by atoms with E-state index in [0.29, 0.717) is 11.3 Å². The first kappa shape index (κ1) is 21.8. The Labute approximate surface area is 177 Å². The number of allylic oxidation sites excluding steroid dienone is 1. The summed E-state index contributed by atoms with van der Waals surface area (Å²) in [6.07, 6.45) is -0.0778. The molecule has 0 bridgehead atoms. The van der Waals surface area contributed by atoms with Crippen LogP contribution in [0.3, 0.4) is 0 Å². The van der Waals surface area contributed by atoms with E-state index in [1.807, 2.05) is 45.9 Å². The van der Waals surface area contributed by atoms with Crippen LogP contribution < -0.4 is 0 Å². The standard InChI is InChI=1S/C25H28FNO3/c1-15(2)30-25(29)24-18(5)27(14-19-8-10-20(26)11-9-19)23(28)13-22(24)21-12-16(3)6-7-17(21)4/h6-12,15,22H,13-14H2,1-5H3. The topological polar surface area (TPSA) is 46.6 Å². The summed E-state index contributed by atoms with van der Waals surface area (Å²) in [5.41, 5.74) is 4.98. The minimum atomic E-state index is -0.398. The van der Waals surface area contributed by atoms with E-state index in [2.05, 4.69) is 0 Å². The Hall–Kier alpha value is -2.95. The van der Waals surface area contributed by atoms with Crippen molar-refractivity contribution in [1.29, 1.82) is 0 Å². The predicted molar refractivity (Wildman–Crippen MR) is 114 cm³/mol. The summed E-state index contributed by atoms with van der Waals surface area (Å²) >= 11 is 0. The molecule has 0 aliphatic carbocycles. The first-order valence-corrected chi connectivity index (χ1v) is 10.2. The van der Waals surface area contributed by atoms with Crippen molar-refractivity contribution in [2.45, 2.75) is 59.6 Å². The number of hydrogen-bond acceptors (Lipinski definition) is 3. The lowest BCUT2D eigenvalue weighted by molar-refractivity contribution is -0.143. The number of esters is 1. The number of amides is 1. The highest BCUT2D eigenvalue weighted by molar-refractivity contribution is 5.96. The van der Waals surface area contributed by atoms with Gasteiger partial charge in [-0.2, -0.15) is 0 Å². The molecular formula is C25H28FNO3. The maximum Gasteiger partial charge on any atom is 0.336 e. The van der Waals surface area contributed by atoms with Crippen molar-refractivity contribution in [2.75, 3.05) is 0 Å². The molecule has 1 heterocycles. The molecule has 5 heteroatoms. The molecule has 0 saturated carbocycles. The Balaban J connectivity index is 2.07. The summed E-state index contributed by atoms with van der Waals surface area (Å²) < 4.78 is 18.8. The van der Waals surface area contributed by atoms with Crippen molar-refractivity contribution >= 4 is 11.9 Å². The van der Waals surface area contributed by atoms with Crippen molar-refractivity contribution < 1.29 is 18.7 Å². The third kappa shape index (κ3) is 4.61. The summed E-state index contributed by atoms with van der Waals surface area (Å²) in [4.78, 5) is 27.8. The van der Waals surface area contributed by atoms with E-state index in [0.717, 1.165) is 22.3 Å². The maximum atomic E-state index is 13.3. The third-order valence-corrected chi connectivity index (χ3v) is 5.45. The number of halogens is 1. The van der Waals surface area contributed by atoms with Gasteiger partial charge in [0.1, 0.15) is 5.82 Å². The van der Waals surface area contributed by atoms with Gasteiger partial charge in [-0.3, -0.25) is 4.79 Å². The number of aryl methyl sites for hydroxylation is 2. The average molecular weight is 410 g/mol. The van der Waals surface area contributed by atoms with Gasteiger partial charge in [0.25, 0.3) is 0 Å². The normalized spacial score (nSPS) is 17.0. The lowest BCUT2D eigenvalue weighted by Crippen LogP contribution is -2.38. The van der Waals surface area contributed by atoms with Crippen LogP contribution in [-0.4, -0.2) is 22.9 Å². The van der Waals surface area contributed by atoms with Crippen LogP contribution in [0.15, 0.2) is 53.7 Å². The van der Waals surface area contributed by atoms with Crippen LogP contribution in [0.5, 0.6) is 0 Å². The Morgan fingerprint density at radius 2 is 1.80 bits per heavy atom. The van der Waals surface area contributed by atoms with Crippen LogP contribution in [0, 0.1) is 19.7 Å². The highest BCUT2D eigenvalue weighted by Gasteiger charge is 2.37. The molecule has 1 aliphatic heterocycles. The van der Waals surface area contributed by atoms with E-state index in [1.54, 1.807) is 24.0 Å². The van der Waals surface area contributed by atoms with E-state index in [4.69, 9.17) is 4.74 Å². The molecule has 158 valence electrons. The minimum absolute atomic E-state index is 0.0659. The van der Waals surface area contributed by atoms with Gasteiger partial charge < -0.3 is 9.64 Å². The summed E-state index contributed by atoms with van der Waals surface area (Å²) in [6.45, 7) is 9.68. The molecule has 0 fully saturated rings. The maximum absolute atomic E-state index is 13.3. The Morgan fingerprint density at radius 1 is 1.13 bits per heavy atom. The number of carbonyl (C=O) groups excluding carboxylic acids is 2. The zero-order valence-electron chi connectivity index (χ0n) is 18.2. The van der Waals surface area contributed by atoms with Gasteiger partial charge in [0, 0.05) is 18.0 Å². The molecule has 2 aromatic carbocycles. The summed E-state index contributed by atoms with van der Waals surface area (Å²) in [5.74, 6) is -1.14. The van der Waals surface area contributed by atoms with Gasteiger partial charge in [-0.15, -0.1) is 0 Å². The van der Waals surface area contributed by atoms with Crippen LogP contribution >= 0.6 is 0 Å². The van der Waals surface area contributed by atoms with E-state index in [1.165, 1.54) is 12.1 Å². The van der Waals surface area contributed by atoms with Crippen LogP contribution in [0.4, 0.5) is 4.39 Å². The fourth-order valence-corrected chi connectivity index (χ4v) is 3.92. The number of carbonyl (C=O) groups is 2. The number of ether oxygens (including phenoxy) is 1. The van der Waals surface area contributed by atoms with E-state index in [9.17, 15) is 14.0 Å². The molecule has 0 radical (unpaired) electrons. The van der Waals surface area contributed by atoms with Crippen LogP contribution in [0.1, 0.15) is 55.4 Å². The zero-order chi connectivity index (χ0) is 22.0. The highest BCUT2D eigenvalue weighted by atomic mass is 19.1. The fraction of sp³-hybridized carbons (Fsp3) is 0.360. The minimum Gasteiger partial charge on any atom is -0.460 e. The first-order chi connectivity index (χ1) is 14.2. The molecular weight excluding hydrogens is 381 g/mol. The monoisotopic (exact) mass is 409 g/mol. The quantitative estimate of drug-likeness (QED) is 0.639. The smallest absolute Gasteiger partial charge is 0.336 e. The van der Waals surface area contributed by atoms with Gasteiger partial charge in [0.2, 0.25) is 5.91 Å². The fourth-order valence-electron chi connectivity index (χ4n) is 3.92. The molecule has 30 heavy (non-hydrogen) atoms. The first-order valence-electron chi connectivity index (χ1n) is 10.2. The molecule has 0 spiro atoms. The number of nitrogens with zero attached hydrogens (tertiary/aromatic N) is 1. The van der Waals surface area contributed by atoms with Crippen molar-refractivity contribution in [3.05, 3.63) is 81.8 Å². The molecule has 0 aromatic heterocycles. The molecule has 1 atom stereocenters. The molecule has 0 N–H and O–H groups in total. The summed E-state index contributed by atoms with van der Waals surface area (Å²) in [5, 5.41) is 0. The average Bonchev–Trinajstić information content (AvgIpc) is 2.67. The molecule has 3 rings (SSSR count). The van der Waals surface area contributed by atoms with Gasteiger partial charge in [0.05, 0.1) is 18.2 Å². The third-order valence-electron chi connectivity index (χ3n) is 5.45. The van der Waals surface area contributed by atoms with Crippen molar-refractivity contribution in [2.24, 2.45) is 0 Å². The van der Waals surface area contributed by atoms with Crippen molar-refractivity contribution in [3.8, 4) is 0 Å². The Bertz CT molecular complexity index is 992. The second kappa shape index (κ2) is 8.82. The molecule has 2 aromatic rings. The molecule has 1 aliphatic rings. The lowest BCUT2D eigenvalue weighted by atomic mass is 9.81. The van der Waals surface area contributed by atoms with Gasteiger partial charge in [-0.05, 0) is 63.4 Å². The molecule has 1 unspecified atom stereocenters. The molecule has 0 saturated heterocycles. The van der Waals surface area contributed by atoms with Crippen molar-refractivity contribution in [3.63, 3.8) is 0 Å². The molecule has 1 amide bonds. The SMILES string of the molecule is CC1=C(C(=O)OC(C)C)C(c2cc(C)ccc2C)CC(=O)N1Cc1ccc(F)cc1. The van der Waals surface area contributed by atoms with Crippen molar-refractivity contribution in [1.82, 2.24) is 4.90 Å². The second-order valence-electron chi connectivity index (χ2n) is 8.18. The van der Waals surface area contributed by atoms with Gasteiger partial charge in [-0.1, -0.05) is 35.9 Å². The van der Waals surface area contributed by atoms with E-state index < -0.39 is 5.97 Å². The van der Waals surface area contributed by atoms with Crippen LogP contribution in [-0.2, 0) is 20.9 Å². The Kier molecular flexibility index (Phi) is 6.40. The lowest BCUT2D eigenvalue weighted by Gasteiger charge is -2.35. The van der Waals surface area contributed by atoms with E-state index >= 15 is 0 Å². The largest absolute Gasteiger partial charge is 0.460 e. The van der Waals surface area contributed by atoms with Crippen LogP contribution in [0.2, 0.25) is 0 Å². The Morgan fingerprint density at radius 3 is 2.43 bits per heavy atom. The van der Waals surface area contributed by atoms with Gasteiger partial charge >= 0.3 is 5.97 Å². The summed E-state index contributed by atoms with van der Waals surface area (Å²) in [7, 11) is 0. The number of hydrogen-bond donors (Lipinski definition) is 0. The van der Waals surface area contributed by atoms with Gasteiger partial charge in [0.15, 0.2) is 0 Å². The second-order valence-corrected chi connectivity index (χ2v) is 8.18. The predicted octanol–water partition coefficient (Wildman–Crippen LogP) is 5.18. The van der Waals surface area contributed by atoms with E-state index in [-0.39, 0.29) is 36.7 Å². The highest BCUT2D eigenvalue weighted by Crippen LogP contribution is 2.39. The zero-order valence-corrected chi connectivity index (χ0v) is 18.2. The number of benzene rings is 2.